The third-order valence-corrected chi connectivity index (χ3v) is 5.58. The van der Waals surface area contributed by atoms with E-state index < -0.39 is 15.6 Å². The number of rotatable bonds is 7. The van der Waals surface area contributed by atoms with Gasteiger partial charge in [-0.2, -0.15) is 0 Å². The Morgan fingerprint density at radius 1 is 1.13 bits per heavy atom. The van der Waals surface area contributed by atoms with Crippen molar-refractivity contribution in [2.75, 3.05) is 11.8 Å². The number of hydrogen-bond donors (Lipinski definition) is 2. The molecule has 0 bridgehead atoms. The summed E-state index contributed by atoms with van der Waals surface area (Å²) < 4.78 is 33.8. The number of aryl methyl sites for hydroxylation is 1. The van der Waals surface area contributed by atoms with Crippen LogP contribution in [0.15, 0.2) is 53.7 Å². The number of hydrogen-bond acceptors (Lipinski definition) is 7. The van der Waals surface area contributed by atoms with E-state index in [0.717, 1.165) is 5.56 Å². The lowest BCUT2D eigenvalue weighted by atomic mass is 9.97. The molecule has 30 heavy (non-hydrogen) atoms. The third kappa shape index (κ3) is 5.11. The van der Waals surface area contributed by atoms with Crippen LogP contribution < -0.4 is 9.46 Å². The van der Waals surface area contributed by atoms with Crippen LogP contribution in [0.1, 0.15) is 25.1 Å². The van der Waals surface area contributed by atoms with E-state index in [2.05, 4.69) is 19.7 Å². The van der Waals surface area contributed by atoms with E-state index in [4.69, 9.17) is 4.74 Å². The molecule has 158 valence electrons. The molecule has 3 rings (SSSR count). The molecular formula is C21H24N4O4S. The fourth-order valence-corrected chi connectivity index (χ4v) is 4.14. The molecule has 1 aromatic carbocycles. The Hall–Kier alpha value is -3.04. The Bertz CT molecular complexity index is 1140. The molecule has 0 aliphatic carbocycles. The predicted molar refractivity (Wildman–Crippen MR) is 114 cm³/mol. The van der Waals surface area contributed by atoms with Crippen molar-refractivity contribution in [2.45, 2.75) is 37.7 Å². The van der Waals surface area contributed by atoms with E-state index in [1.54, 1.807) is 39.0 Å². The maximum atomic E-state index is 13.1. The van der Waals surface area contributed by atoms with E-state index >= 15 is 0 Å². The van der Waals surface area contributed by atoms with E-state index in [0.29, 0.717) is 23.4 Å². The summed E-state index contributed by atoms with van der Waals surface area (Å²) in [6.07, 6.45) is 3.46. The van der Waals surface area contributed by atoms with Crippen LogP contribution in [-0.4, -0.2) is 41.2 Å². The van der Waals surface area contributed by atoms with E-state index in [1.165, 1.54) is 25.6 Å². The summed E-state index contributed by atoms with van der Waals surface area (Å²) in [6, 6.07) is 10.3. The predicted octanol–water partition coefficient (Wildman–Crippen LogP) is 2.97. The normalized spacial score (nSPS) is 11.9. The lowest BCUT2D eigenvalue weighted by Gasteiger charge is -2.17. The number of pyridine rings is 1. The van der Waals surface area contributed by atoms with Gasteiger partial charge in [-0.05, 0) is 38.5 Å². The summed E-state index contributed by atoms with van der Waals surface area (Å²) in [5.74, 6) is 0.0819. The number of ether oxygens (including phenoxy) is 1. The van der Waals surface area contributed by atoms with Crippen LogP contribution in [0.2, 0.25) is 0 Å². The van der Waals surface area contributed by atoms with Crippen molar-refractivity contribution in [3.8, 4) is 17.1 Å². The Labute approximate surface area is 176 Å². The minimum Gasteiger partial charge on any atom is -0.478 e. The van der Waals surface area contributed by atoms with Gasteiger partial charge in [-0.3, -0.25) is 9.71 Å². The minimum absolute atomic E-state index is 0.00146. The van der Waals surface area contributed by atoms with Crippen molar-refractivity contribution in [3.05, 3.63) is 60.0 Å². The highest BCUT2D eigenvalue weighted by Gasteiger charge is 2.23. The van der Waals surface area contributed by atoms with Crippen LogP contribution in [0.25, 0.3) is 11.3 Å². The molecule has 0 fully saturated rings. The molecule has 0 aliphatic rings. The highest BCUT2D eigenvalue weighted by atomic mass is 32.2. The zero-order valence-corrected chi connectivity index (χ0v) is 18.1. The molecule has 0 saturated heterocycles. The SMILES string of the molecule is COc1nc(C)cnc1NS(=O)(=O)c1cccnc1-c1ccc(CC(C)(C)O)cc1. The molecule has 8 nitrogen and oxygen atoms in total. The van der Waals surface area contributed by atoms with Crippen LogP contribution in [0, 0.1) is 6.92 Å². The number of benzene rings is 1. The summed E-state index contributed by atoms with van der Waals surface area (Å²) in [6.45, 7) is 5.20. The van der Waals surface area contributed by atoms with Crippen molar-refractivity contribution in [1.29, 1.82) is 0 Å². The highest BCUT2D eigenvalue weighted by Crippen LogP contribution is 2.29. The lowest BCUT2D eigenvalue weighted by molar-refractivity contribution is 0.0810. The summed E-state index contributed by atoms with van der Waals surface area (Å²) in [5, 5.41) is 9.99. The molecule has 2 heterocycles. The smallest absolute Gasteiger partial charge is 0.265 e. The maximum Gasteiger partial charge on any atom is 0.265 e. The zero-order valence-electron chi connectivity index (χ0n) is 17.2. The molecule has 2 aromatic heterocycles. The van der Waals surface area contributed by atoms with Gasteiger partial charge in [0.15, 0.2) is 0 Å². The van der Waals surface area contributed by atoms with Crippen molar-refractivity contribution in [2.24, 2.45) is 0 Å². The Morgan fingerprint density at radius 3 is 2.47 bits per heavy atom. The number of nitrogens with one attached hydrogen (secondary N) is 1. The number of methoxy groups -OCH3 is 1. The molecule has 0 radical (unpaired) electrons. The fourth-order valence-electron chi connectivity index (χ4n) is 2.95. The second-order valence-corrected chi connectivity index (χ2v) is 9.16. The first-order chi connectivity index (χ1) is 14.1. The topological polar surface area (TPSA) is 114 Å². The number of aliphatic hydroxyl groups is 1. The van der Waals surface area contributed by atoms with Gasteiger partial charge < -0.3 is 9.84 Å². The molecule has 9 heteroatoms. The molecule has 0 saturated carbocycles. The van der Waals surface area contributed by atoms with E-state index in [-0.39, 0.29) is 16.6 Å². The average Bonchev–Trinajstić information content (AvgIpc) is 2.68. The number of sulfonamides is 1. The Balaban J connectivity index is 1.97. The van der Waals surface area contributed by atoms with E-state index in [9.17, 15) is 13.5 Å². The van der Waals surface area contributed by atoms with Gasteiger partial charge in [0, 0.05) is 18.2 Å². The first kappa shape index (κ1) is 21.7. The van der Waals surface area contributed by atoms with Crippen LogP contribution in [0.4, 0.5) is 5.82 Å². The van der Waals surface area contributed by atoms with Crippen molar-refractivity contribution in [1.82, 2.24) is 15.0 Å². The molecule has 0 amide bonds. The first-order valence-corrected chi connectivity index (χ1v) is 10.7. The van der Waals surface area contributed by atoms with Gasteiger partial charge in [0.1, 0.15) is 4.90 Å². The molecular weight excluding hydrogens is 404 g/mol. The van der Waals surface area contributed by atoms with E-state index in [1.807, 2.05) is 12.1 Å². The second-order valence-electron chi connectivity index (χ2n) is 7.51. The molecule has 0 atom stereocenters. The standard InChI is InChI=1S/C21H24N4O4S/c1-14-13-23-19(20(24-14)29-4)25-30(27,28)17-6-5-11-22-18(17)16-9-7-15(8-10-16)12-21(2,3)26/h5-11,13,26H,12H2,1-4H3,(H,23,25). The van der Waals surface area contributed by atoms with Gasteiger partial charge in [0.05, 0.1) is 30.3 Å². The minimum atomic E-state index is -4.01. The average molecular weight is 429 g/mol. The Kier molecular flexibility index (Phi) is 6.04. The van der Waals surface area contributed by atoms with Crippen molar-refractivity contribution in [3.63, 3.8) is 0 Å². The highest BCUT2D eigenvalue weighted by molar-refractivity contribution is 7.92. The summed E-state index contributed by atoms with van der Waals surface area (Å²) >= 11 is 0. The molecule has 2 N–H and O–H groups in total. The second kappa shape index (κ2) is 8.37. The third-order valence-electron chi connectivity index (χ3n) is 4.21. The van der Waals surface area contributed by atoms with Crippen LogP contribution in [0.5, 0.6) is 5.88 Å². The van der Waals surface area contributed by atoms with Crippen LogP contribution in [-0.2, 0) is 16.4 Å². The zero-order chi connectivity index (χ0) is 21.9. The van der Waals surface area contributed by atoms with Crippen LogP contribution in [0.3, 0.4) is 0 Å². The van der Waals surface area contributed by atoms with Crippen molar-refractivity contribution >= 4 is 15.8 Å². The van der Waals surface area contributed by atoms with Crippen LogP contribution >= 0.6 is 0 Å². The number of anilines is 1. The summed E-state index contributed by atoms with van der Waals surface area (Å²) in [5.41, 5.74) is 1.64. The quantitative estimate of drug-likeness (QED) is 0.594. The molecule has 0 unspecified atom stereocenters. The van der Waals surface area contributed by atoms with Gasteiger partial charge in [-0.15, -0.1) is 0 Å². The van der Waals surface area contributed by atoms with Gasteiger partial charge in [-0.1, -0.05) is 24.3 Å². The number of aromatic nitrogens is 3. The van der Waals surface area contributed by atoms with Crippen molar-refractivity contribution < 1.29 is 18.3 Å². The first-order valence-electron chi connectivity index (χ1n) is 9.26. The fraction of sp³-hybridized carbons (Fsp3) is 0.286. The maximum absolute atomic E-state index is 13.1. The molecule has 0 spiro atoms. The monoisotopic (exact) mass is 428 g/mol. The molecule has 3 aromatic rings. The van der Waals surface area contributed by atoms with Gasteiger partial charge >= 0.3 is 0 Å². The summed E-state index contributed by atoms with van der Waals surface area (Å²) in [7, 11) is -2.62. The molecule has 0 aliphatic heterocycles. The largest absolute Gasteiger partial charge is 0.478 e. The van der Waals surface area contributed by atoms with Gasteiger partial charge in [0.25, 0.3) is 15.9 Å². The lowest BCUT2D eigenvalue weighted by Crippen LogP contribution is -2.21. The number of nitrogens with zero attached hydrogens (tertiary/aromatic N) is 3. The summed E-state index contributed by atoms with van der Waals surface area (Å²) in [4.78, 5) is 12.5. The Morgan fingerprint density at radius 2 is 1.83 bits per heavy atom. The van der Waals surface area contributed by atoms with Gasteiger partial charge in [-0.25, -0.2) is 18.4 Å². The van der Waals surface area contributed by atoms with Gasteiger partial charge in [0.2, 0.25) is 5.82 Å².